The van der Waals surface area contributed by atoms with E-state index in [0.717, 1.165) is 31.2 Å². The molecule has 2 rings (SSSR count). The zero-order valence-electron chi connectivity index (χ0n) is 19.6. The van der Waals surface area contributed by atoms with Crippen molar-refractivity contribution in [1.29, 1.82) is 0 Å². The summed E-state index contributed by atoms with van der Waals surface area (Å²) in [6.07, 6.45) is 4.34. The molecular weight excluding hydrogens is 428 g/mol. The van der Waals surface area contributed by atoms with E-state index in [4.69, 9.17) is 18.9 Å². The molecule has 8 nitrogen and oxygen atoms in total. The van der Waals surface area contributed by atoms with Crippen LogP contribution in [0, 0.1) is 0 Å². The predicted molar refractivity (Wildman–Crippen MR) is 121 cm³/mol. The fourth-order valence-electron chi connectivity index (χ4n) is 3.68. The third-order valence-electron chi connectivity index (χ3n) is 5.20. The predicted octanol–water partition coefficient (Wildman–Crippen LogP) is 4.59. The minimum atomic E-state index is -1.61. The molecule has 0 aliphatic heterocycles. The Hall–Kier alpha value is -3.42. The van der Waals surface area contributed by atoms with Crippen molar-refractivity contribution in [3.05, 3.63) is 47.5 Å². The van der Waals surface area contributed by atoms with E-state index in [1.165, 1.54) is 40.2 Å². The second-order valence-electron chi connectivity index (χ2n) is 7.75. The molecule has 0 radical (unpaired) electrons. The maximum atomic E-state index is 11.9. The Balaban J connectivity index is 2.05. The third-order valence-corrected chi connectivity index (χ3v) is 5.20. The molecule has 0 atom stereocenters. The van der Waals surface area contributed by atoms with Crippen LogP contribution in [0.15, 0.2) is 36.4 Å². The van der Waals surface area contributed by atoms with Crippen LogP contribution in [0.4, 0.5) is 0 Å². The Labute approximate surface area is 194 Å². The van der Waals surface area contributed by atoms with Crippen molar-refractivity contribution < 1.29 is 38.7 Å². The molecule has 2 aromatic carbocycles. The molecule has 0 bridgehead atoms. The molecule has 33 heavy (non-hydrogen) atoms. The summed E-state index contributed by atoms with van der Waals surface area (Å²) < 4.78 is 21.4. The van der Waals surface area contributed by atoms with Crippen LogP contribution < -0.4 is 9.47 Å². The van der Waals surface area contributed by atoms with E-state index in [1.807, 2.05) is 12.1 Å². The molecule has 0 spiro atoms. The van der Waals surface area contributed by atoms with E-state index in [0.29, 0.717) is 17.7 Å². The summed E-state index contributed by atoms with van der Waals surface area (Å²) in [6, 6.07) is 9.75. The molecule has 0 aliphatic carbocycles. The fourth-order valence-corrected chi connectivity index (χ4v) is 3.68. The van der Waals surface area contributed by atoms with Gasteiger partial charge in [0.15, 0.2) is 23.0 Å². The van der Waals surface area contributed by atoms with E-state index in [1.54, 1.807) is 12.1 Å². The number of hydrogen-bond acceptors (Lipinski definition) is 8. The average molecular weight is 461 g/mol. The number of benzene rings is 2. The highest BCUT2D eigenvalue weighted by Crippen LogP contribution is 2.38. The molecule has 0 saturated heterocycles. The molecule has 0 fully saturated rings. The average Bonchev–Trinajstić information content (AvgIpc) is 2.76. The number of ether oxygens (including phenoxy) is 4. The van der Waals surface area contributed by atoms with Crippen LogP contribution in [0.1, 0.15) is 57.1 Å². The lowest BCUT2D eigenvalue weighted by Crippen LogP contribution is -2.36. The lowest BCUT2D eigenvalue weighted by Gasteiger charge is -2.33. The fraction of sp³-hybridized carbons (Fsp3) is 0.440. The molecular formula is C25H32O8. The van der Waals surface area contributed by atoms with Gasteiger partial charge < -0.3 is 29.2 Å². The molecule has 0 aliphatic rings. The smallest absolute Gasteiger partial charge is 0.306 e. The molecule has 0 aromatic heterocycles. The Morgan fingerprint density at radius 3 is 1.91 bits per heavy atom. The van der Waals surface area contributed by atoms with Gasteiger partial charge in [-0.2, -0.15) is 0 Å². The van der Waals surface area contributed by atoms with Gasteiger partial charge in [0.2, 0.25) is 0 Å². The van der Waals surface area contributed by atoms with Gasteiger partial charge in [0.1, 0.15) is 0 Å². The van der Waals surface area contributed by atoms with E-state index in [9.17, 15) is 19.8 Å². The van der Waals surface area contributed by atoms with Crippen LogP contribution in [-0.2, 0) is 31.3 Å². The van der Waals surface area contributed by atoms with Crippen LogP contribution in [-0.4, -0.2) is 36.4 Å². The van der Waals surface area contributed by atoms with Crippen LogP contribution in [0.25, 0.3) is 0 Å². The Morgan fingerprint density at radius 2 is 1.33 bits per heavy atom. The lowest BCUT2D eigenvalue weighted by atomic mass is 9.97. The topological polar surface area (TPSA) is 112 Å². The van der Waals surface area contributed by atoms with Crippen LogP contribution in [0.3, 0.4) is 0 Å². The quantitative estimate of drug-likeness (QED) is 0.269. The van der Waals surface area contributed by atoms with E-state index in [2.05, 4.69) is 0 Å². The number of aromatic hydroxyl groups is 2. The molecule has 2 N–H and O–H groups in total. The van der Waals surface area contributed by atoms with Gasteiger partial charge in [0.05, 0.1) is 14.2 Å². The SMILES string of the molecule is COc1cc(CCCCCCC(OC(C)=O)(OC(C)=O)c2ccc(O)c(OC)c2)ccc1O. The van der Waals surface area contributed by atoms with Crippen molar-refractivity contribution in [3.8, 4) is 23.0 Å². The summed E-state index contributed by atoms with van der Waals surface area (Å²) in [7, 11) is 2.92. The zero-order valence-corrected chi connectivity index (χ0v) is 19.6. The van der Waals surface area contributed by atoms with Crippen LogP contribution >= 0.6 is 0 Å². The first-order valence-electron chi connectivity index (χ1n) is 10.8. The first-order valence-corrected chi connectivity index (χ1v) is 10.8. The van der Waals surface area contributed by atoms with Gasteiger partial charge in [-0.3, -0.25) is 9.59 Å². The molecule has 180 valence electrons. The summed E-state index contributed by atoms with van der Waals surface area (Å²) in [5.74, 6) is -2.13. The summed E-state index contributed by atoms with van der Waals surface area (Å²) in [4.78, 5) is 23.8. The van der Waals surface area contributed by atoms with Crippen molar-refractivity contribution in [1.82, 2.24) is 0 Å². The van der Waals surface area contributed by atoms with E-state index >= 15 is 0 Å². The van der Waals surface area contributed by atoms with Crippen molar-refractivity contribution in [3.63, 3.8) is 0 Å². The minimum Gasteiger partial charge on any atom is -0.504 e. The van der Waals surface area contributed by atoms with Gasteiger partial charge in [0.25, 0.3) is 5.79 Å². The van der Waals surface area contributed by atoms with Gasteiger partial charge in [0, 0.05) is 25.8 Å². The maximum Gasteiger partial charge on any atom is 0.306 e. The summed E-state index contributed by atoms with van der Waals surface area (Å²) in [6.45, 7) is 2.50. The zero-order chi connectivity index (χ0) is 24.4. The normalized spacial score (nSPS) is 11.0. The monoisotopic (exact) mass is 460 g/mol. The number of hydrogen-bond donors (Lipinski definition) is 2. The van der Waals surface area contributed by atoms with Gasteiger partial charge in [-0.25, -0.2) is 0 Å². The standard InChI is InChI=1S/C25H32O8/c1-17(26)32-25(33-18(2)27,20-11-13-22(29)24(16-20)31-4)14-8-6-5-7-9-19-10-12-21(28)23(15-19)30-3/h10-13,15-16,28-29H,5-9,14H2,1-4H3. The second-order valence-corrected chi connectivity index (χ2v) is 7.75. The molecule has 8 heteroatoms. The van der Waals surface area contributed by atoms with E-state index < -0.39 is 17.7 Å². The maximum absolute atomic E-state index is 11.9. The number of aryl methyl sites for hydroxylation is 1. The number of rotatable bonds is 12. The number of carbonyl (C=O) groups is 2. The number of methoxy groups -OCH3 is 2. The molecule has 0 amide bonds. The summed E-state index contributed by atoms with van der Waals surface area (Å²) >= 11 is 0. The van der Waals surface area contributed by atoms with Crippen LogP contribution in [0.5, 0.6) is 23.0 Å². The minimum absolute atomic E-state index is 0.0772. The van der Waals surface area contributed by atoms with Gasteiger partial charge in [-0.1, -0.05) is 18.9 Å². The number of esters is 2. The first kappa shape index (κ1) is 25.8. The molecule has 2 aromatic rings. The van der Waals surface area contributed by atoms with Gasteiger partial charge in [-0.05, 0) is 55.2 Å². The second kappa shape index (κ2) is 12.0. The Bertz CT molecular complexity index is 937. The van der Waals surface area contributed by atoms with Gasteiger partial charge in [-0.15, -0.1) is 0 Å². The number of unbranched alkanes of at least 4 members (excludes halogenated alkanes) is 3. The number of phenols is 2. The highest BCUT2D eigenvalue weighted by atomic mass is 16.7. The van der Waals surface area contributed by atoms with E-state index in [-0.39, 0.29) is 23.7 Å². The van der Waals surface area contributed by atoms with Crippen molar-refractivity contribution in [2.45, 2.75) is 58.2 Å². The molecule has 0 heterocycles. The van der Waals surface area contributed by atoms with Crippen molar-refractivity contribution in [2.75, 3.05) is 14.2 Å². The first-order chi connectivity index (χ1) is 15.7. The van der Waals surface area contributed by atoms with Crippen molar-refractivity contribution in [2.24, 2.45) is 0 Å². The third kappa shape index (κ3) is 7.30. The summed E-state index contributed by atoms with van der Waals surface area (Å²) in [5.41, 5.74) is 1.47. The van der Waals surface area contributed by atoms with Gasteiger partial charge >= 0.3 is 11.9 Å². The number of phenolic OH excluding ortho intramolecular Hbond substituents is 2. The molecule has 0 unspecified atom stereocenters. The highest BCUT2D eigenvalue weighted by molar-refractivity contribution is 5.69. The summed E-state index contributed by atoms with van der Waals surface area (Å²) in [5, 5.41) is 19.6. The Morgan fingerprint density at radius 1 is 0.788 bits per heavy atom. The number of carbonyl (C=O) groups excluding carboxylic acids is 2. The van der Waals surface area contributed by atoms with Crippen LogP contribution in [0.2, 0.25) is 0 Å². The molecule has 0 saturated carbocycles. The highest BCUT2D eigenvalue weighted by Gasteiger charge is 2.39. The largest absolute Gasteiger partial charge is 0.504 e. The lowest BCUT2D eigenvalue weighted by molar-refractivity contribution is -0.235. The Kier molecular flexibility index (Phi) is 9.39. The van der Waals surface area contributed by atoms with Crippen molar-refractivity contribution >= 4 is 11.9 Å².